The maximum absolute atomic E-state index is 6.31. The van der Waals surface area contributed by atoms with Crippen molar-refractivity contribution in [1.29, 1.82) is 0 Å². The standard InChI is InChI=1S/C48H31NO/c1-3-11-32(12-4-1)35-21-25-47-43(30-35)44-31-36(22-26-48(44)50-47)39-28-37(33-13-5-2-6-14-33)27-38(29-39)34-19-23-40(24-20-34)49-45-17-9-7-15-41(45)42-16-8-10-18-46(42)49/h1-31H. The topological polar surface area (TPSA) is 18.1 Å². The predicted octanol–water partition coefficient (Wildman–Crippen LogP) is 13.4. The van der Waals surface area contributed by atoms with Crippen molar-refractivity contribution in [2.75, 3.05) is 0 Å². The Balaban J connectivity index is 1.10. The Labute approximate surface area is 290 Å². The maximum Gasteiger partial charge on any atom is 0.135 e. The molecule has 10 aromatic rings. The number of fused-ring (bicyclic) bond motifs is 6. The van der Waals surface area contributed by atoms with Crippen molar-refractivity contribution in [2.45, 2.75) is 0 Å². The molecule has 0 saturated heterocycles. The molecule has 0 aliphatic heterocycles. The summed E-state index contributed by atoms with van der Waals surface area (Å²) in [6, 6.07) is 67.5. The zero-order chi connectivity index (χ0) is 33.0. The van der Waals surface area contributed by atoms with Crippen LogP contribution >= 0.6 is 0 Å². The van der Waals surface area contributed by atoms with Crippen molar-refractivity contribution in [1.82, 2.24) is 4.57 Å². The van der Waals surface area contributed by atoms with Gasteiger partial charge in [0, 0.05) is 27.2 Å². The lowest BCUT2D eigenvalue weighted by molar-refractivity contribution is 0.669. The Morgan fingerprint density at radius 2 is 0.680 bits per heavy atom. The molecule has 0 aliphatic carbocycles. The molecule has 2 heterocycles. The van der Waals surface area contributed by atoms with E-state index in [9.17, 15) is 0 Å². The lowest BCUT2D eigenvalue weighted by Crippen LogP contribution is -1.93. The minimum absolute atomic E-state index is 0.897. The van der Waals surface area contributed by atoms with Gasteiger partial charge in [-0.1, -0.05) is 121 Å². The highest BCUT2D eigenvalue weighted by Gasteiger charge is 2.14. The number of benzene rings is 8. The number of furan rings is 1. The van der Waals surface area contributed by atoms with Crippen LogP contribution in [0.4, 0.5) is 0 Å². The van der Waals surface area contributed by atoms with E-state index in [1.807, 2.05) is 0 Å². The molecule has 2 aromatic heterocycles. The number of nitrogens with zero attached hydrogens (tertiary/aromatic N) is 1. The summed E-state index contributed by atoms with van der Waals surface area (Å²) in [5.74, 6) is 0. The quantitative estimate of drug-likeness (QED) is 0.184. The molecule has 2 heteroatoms. The van der Waals surface area contributed by atoms with E-state index in [1.165, 1.54) is 60.8 Å². The summed E-state index contributed by atoms with van der Waals surface area (Å²) in [6.45, 7) is 0. The van der Waals surface area contributed by atoms with Crippen LogP contribution in [0, 0.1) is 0 Å². The van der Waals surface area contributed by atoms with Crippen LogP contribution in [0.5, 0.6) is 0 Å². The first-order chi connectivity index (χ1) is 24.8. The molecule has 0 fully saturated rings. The fraction of sp³-hybridized carbons (Fsp3) is 0. The third-order valence-corrected chi connectivity index (χ3v) is 9.99. The second kappa shape index (κ2) is 11.5. The van der Waals surface area contributed by atoms with E-state index in [2.05, 4.69) is 193 Å². The van der Waals surface area contributed by atoms with E-state index in [4.69, 9.17) is 4.42 Å². The molecule has 0 bridgehead atoms. The summed E-state index contributed by atoms with van der Waals surface area (Å²) in [5.41, 5.74) is 14.8. The summed E-state index contributed by atoms with van der Waals surface area (Å²) >= 11 is 0. The first-order valence-corrected chi connectivity index (χ1v) is 17.1. The van der Waals surface area contributed by atoms with Crippen LogP contribution in [0.2, 0.25) is 0 Å². The van der Waals surface area contributed by atoms with Crippen LogP contribution in [0.15, 0.2) is 192 Å². The van der Waals surface area contributed by atoms with Crippen LogP contribution in [0.3, 0.4) is 0 Å². The van der Waals surface area contributed by atoms with Gasteiger partial charge in [-0.25, -0.2) is 0 Å². The van der Waals surface area contributed by atoms with Gasteiger partial charge in [-0.05, 0) is 111 Å². The number of para-hydroxylation sites is 2. The van der Waals surface area contributed by atoms with E-state index < -0.39 is 0 Å². The lowest BCUT2D eigenvalue weighted by Gasteiger charge is -2.13. The summed E-state index contributed by atoms with van der Waals surface area (Å²) in [6.07, 6.45) is 0. The highest BCUT2D eigenvalue weighted by Crippen LogP contribution is 2.38. The Hall–Kier alpha value is -6.64. The number of hydrogen-bond acceptors (Lipinski definition) is 1. The van der Waals surface area contributed by atoms with E-state index in [0.717, 1.165) is 33.2 Å². The van der Waals surface area contributed by atoms with Gasteiger partial charge in [0.25, 0.3) is 0 Å². The van der Waals surface area contributed by atoms with Crippen molar-refractivity contribution in [3.63, 3.8) is 0 Å². The SMILES string of the molecule is c1ccc(-c2cc(-c3ccc(-n4c5ccccc5c5ccccc54)cc3)cc(-c3ccc4oc5ccc(-c6ccccc6)cc5c4c3)c2)cc1. The fourth-order valence-electron chi connectivity index (χ4n) is 7.53. The highest BCUT2D eigenvalue weighted by atomic mass is 16.3. The molecule has 0 amide bonds. The van der Waals surface area contributed by atoms with Crippen LogP contribution in [0.25, 0.3) is 93.9 Å². The van der Waals surface area contributed by atoms with E-state index in [1.54, 1.807) is 0 Å². The Kier molecular flexibility index (Phi) is 6.53. The lowest BCUT2D eigenvalue weighted by atomic mass is 9.92. The highest BCUT2D eigenvalue weighted by molar-refractivity contribution is 6.09. The molecular formula is C48H31NO. The molecule has 0 saturated carbocycles. The molecule has 2 nitrogen and oxygen atoms in total. The van der Waals surface area contributed by atoms with Crippen LogP contribution < -0.4 is 0 Å². The summed E-state index contributed by atoms with van der Waals surface area (Å²) in [5, 5.41) is 4.79. The van der Waals surface area contributed by atoms with Crippen molar-refractivity contribution in [3.05, 3.63) is 188 Å². The second-order valence-electron chi connectivity index (χ2n) is 13.0. The van der Waals surface area contributed by atoms with E-state index >= 15 is 0 Å². The molecule has 0 N–H and O–H groups in total. The van der Waals surface area contributed by atoms with Gasteiger partial charge in [0.05, 0.1) is 11.0 Å². The maximum atomic E-state index is 6.31. The zero-order valence-corrected chi connectivity index (χ0v) is 27.3. The summed E-state index contributed by atoms with van der Waals surface area (Å²) < 4.78 is 8.68. The van der Waals surface area contributed by atoms with Crippen molar-refractivity contribution < 1.29 is 4.42 Å². The molecule has 0 radical (unpaired) electrons. The molecule has 0 aliphatic rings. The van der Waals surface area contributed by atoms with Gasteiger partial charge in [0.2, 0.25) is 0 Å². The fourth-order valence-corrected chi connectivity index (χ4v) is 7.53. The molecule has 0 unspecified atom stereocenters. The van der Waals surface area contributed by atoms with Gasteiger partial charge < -0.3 is 8.98 Å². The van der Waals surface area contributed by atoms with E-state index in [-0.39, 0.29) is 0 Å². The molecular weight excluding hydrogens is 607 g/mol. The smallest absolute Gasteiger partial charge is 0.135 e. The third-order valence-electron chi connectivity index (χ3n) is 9.99. The third kappa shape index (κ3) is 4.73. The molecule has 0 atom stereocenters. The first kappa shape index (κ1) is 28.4. The molecule has 8 aromatic carbocycles. The Morgan fingerprint density at radius 3 is 1.22 bits per heavy atom. The van der Waals surface area contributed by atoms with Crippen molar-refractivity contribution >= 4 is 43.7 Å². The normalized spacial score (nSPS) is 11.6. The number of hydrogen-bond donors (Lipinski definition) is 0. The Morgan fingerprint density at radius 1 is 0.280 bits per heavy atom. The monoisotopic (exact) mass is 637 g/mol. The largest absolute Gasteiger partial charge is 0.456 e. The summed E-state index contributed by atoms with van der Waals surface area (Å²) in [4.78, 5) is 0. The van der Waals surface area contributed by atoms with Crippen LogP contribution in [-0.4, -0.2) is 4.57 Å². The summed E-state index contributed by atoms with van der Waals surface area (Å²) in [7, 11) is 0. The minimum Gasteiger partial charge on any atom is -0.456 e. The first-order valence-electron chi connectivity index (χ1n) is 17.1. The van der Waals surface area contributed by atoms with Crippen molar-refractivity contribution in [3.8, 4) is 50.2 Å². The minimum atomic E-state index is 0.897. The van der Waals surface area contributed by atoms with Gasteiger partial charge in [-0.2, -0.15) is 0 Å². The van der Waals surface area contributed by atoms with Gasteiger partial charge in [0.1, 0.15) is 11.2 Å². The van der Waals surface area contributed by atoms with Gasteiger partial charge in [0.15, 0.2) is 0 Å². The van der Waals surface area contributed by atoms with Crippen LogP contribution in [-0.2, 0) is 0 Å². The van der Waals surface area contributed by atoms with Gasteiger partial charge in [-0.15, -0.1) is 0 Å². The number of rotatable bonds is 5. The van der Waals surface area contributed by atoms with Gasteiger partial charge in [-0.3, -0.25) is 0 Å². The zero-order valence-electron chi connectivity index (χ0n) is 27.3. The van der Waals surface area contributed by atoms with Gasteiger partial charge >= 0.3 is 0 Å². The average Bonchev–Trinajstić information content (AvgIpc) is 3.73. The predicted molar refractivity (Wildman–Crippen MR) is 210 cm³/mol. The van der Waals surface area contributed by atoms with Crippen molar-refractivity contribution in [2.24, 2.45) is 0 Å². The Bertz CT molecular complexity index is 2790. The number of aromatic nitrogens is 1. The molecule has 10 rings (SSSR count). The molecule has 234 valence electrons. The molecule has 0 spiro atoms. The van der Waals surface area contributed by atoms with Crippen LogP contribution in [0.1, 0.15) is 0 Å². The van der Waals surface area contributed by atoms with E-state index in [0.29, 0.717) is 0 Å². The average molecular weight is 638 g/mol. The second-order valence-corrected chi connectivity index (χ2v) is 13.0. The molecule has 50 heavy (non-hydrogen) atoms.